The number of anilines is 1. The van der Waals surface area contributed by atoms with E-state index in [9.17, 15) is 13.2 Å². The summed E-state index contributed by atoms with van der Waals surface area (Å²) in [6.45, 7) is 0.300. The van der Waals surface area contributed by atoms with Crippen molar-refractivity contribution in [3.63, 3.8) is 0 Å². The van der Waals surface area contributed by atoms with E-state index in [1.54, 1.807) is 23.6 Å². The molecule has 0 saturated carbocycles. The van der Waals surface area contributed by atoms with Gasteiger partial charge in [0, 0.05) is 26.9 Å². The van der Waals surface area contributed by atoms with Crippen molar-refractivity contribution in [2.45, 2.75) is 5.16 Å². The van der Waals surface area contributed by atoms with Crippen LogP contribution in [0.5, 0.6) is 0 Å². The number of sulfone groups is 1. The highest BCUT2D eigenvalue weighted by Gasteiger charge is 2.15. The van der Waals surface area contributed by atoms with Gasteiger partial charge in [-0.3, -0.25) is 9.36 Å². The Hall–Kier alpha value is -1.29. The third-order valence-corrected chi connectivity index (χ3v) is 4.20. The molecule has 0 fully saturated rings. The first-order valence-electron chi connectivity index (χ1n) is 5.33. The minimum Gasteiger partial charge on any atom is -0.481 e. The van der Waals surface area contributed by atoms with E-state index in [1.165, 1.54) is 6.26 Å². The largest absolute Gasteiger partial charge is 0.481 e. The van der Waals surface area contributed by atoms with Crippen molar-refractivity contribution in [2.75, 3.05) is 36.3 Å². The fraction of sp³-hybridized carbons (Fsp3) is 0.667. The van der Waals surface area contributed by atoms with Crippen molar-refractivity contribution in [1.29, 1.82) is 0 Å². The van der Waals surface area contributed by atoms with E-state index in [0.29, 0.717) is 17.6 Å². The van der Waals surface area contributed by atoms with Crippen molar-refractivity contribution in [1.82, 2.24) is 14.8 Å². The molecule has 0 spiro atoms. The van der Waals surface area contributed by atoms with Gasteiger partial charge in [-0.1, -0.05) is 11.8 Å². The normalized spacial score (nSPS) is 11.5. The van der Waals surface area contributed by atoms with Gasteiger partial charge >= 0.3 is 5.97 Å². The maximum Gasteiger partial charge on any atom is 0.313 e. The summed E-state index contributed by atoms with van der Waals surface area (Å²) >= 11 is 1.06. The minimum absolute atomic E-state index is 0.0218. The summed E-state index contributed by atoms with van der Waals surface area (Å²) in [7, 11) is 0.377. The summed E-state index contributed by atoms with van der Waals surface area (Å²) in [6.07, 6.45) is 1.17. The van der Waals surface area contributed by atoms with Crippen LogP contribution in [0.4, 0.5) is 5.95 Å². The summed E-state index contributed by atoms with van der Waals surface area (Å²) in [6, 6.07) is 0. The van der Waals surface area contributed by atoms with Crippen molar-refractivity contribution in [3.05, 3.63) is 0 Å². The zero-order chi connectivity index (χ0) is 14.6. The Bertz CT molecular complexity index is 555. The van der Waals surface area contributed by atoms with Crippen molar-refractivity contribution >= 4 is 33.5 Å². The van der Waals surface area contributed by atoms with Gasteiger partial charge in [0.2, 0.25) is 5.95 Å². The minimum atomic E-state index is -3.04. The monoisotopic (exact) mass is 308 g/mol. The smallest absolute Gasteiger partial charge is 0.313 e. The first-order chi connectivity index (χ1) is 8.70. The number of carboxylic acid groups (broad SMARTS) is 1. The third-order valence-electron chi connectivity index (χ3n) is 2.28. The molecule has 108 valence electrons. The lowest BCUT2D eigenvalue weighted by molar-refractivity contribution is -0.133. The van der Waals surface area contributed by atoms with E-state index >= 15 is 0 Å². The van der Waals surface area contributed by atoms with E-state index in [2.05, 4.69) is 10.2 Å². The van der Waals surface area contributed by atoms with Crippen LogP contribution in [0.15, 0.2) is 5.16 Å². The summed E-state index contributed by atoms with van der Waals surface area (Å²) in [5.74, 6) is -0.510. The number of aromatic nitrogens is 3. The van der Waals surface area contributed by atoms with Gasteiger partial charge < -0.3 is 10.0 Å². The Balaban J connectivity index is 2.71. The van der Waals surface area contributed by atoms with E-state index < -0.39 is 15.8 Å². The van der Waals surface area contributed by atoms with Gasteiger partial charge in [0.25, 0.3) is 0 Å². The van der Waals surface area contributed by atoms with Crippen LogP contribution in [0.3, 0.4) is 0 Å². The lowest BCUT2D eigenvalue weighted by atomic mass is 10.6. The summed E-state index contributed by atoms with van der Waals surface area (Å²) < 4.78 is 23.8. The number of aliphatic carboxylic acids is 1. The second-order valence-electron chi connectivity index (χ2n) is 4.08. The molecule has 0 aromatic carbocycles. The van der Waals surface area contributed by atoms with E-state index in [4.69, 9.17) is 5.11 Å². The third kappa shape index (κ3) is 5.07. The Morgan fingerprint density at radius 3 is 2.63 bits per heavy atom. The molecule has 1 heterocycles. The van der Waals surface area contributed by atoms with Crippen LogP contribution >= 0.6 is 11.8 Å². The fourth-order valence-electron chi connectivity index (χ4n) is 1.29. The molecular weight excluding hydrogens is 292 g/mol. The molecule has 1 aromatic rings. The fourth-order valence-corrected chi connectivity index (χ4v) is 2.53. The Morgan fingerprint density at radius 2 is 2.11 bits per heavy atom. The number of thioether (sulfide) groups is 1. The van der Waals surface area contributed by atoms with Crippen LogP contribution in [0.1, 0.15) is 0 Å². The van der Waals surface area contributed by atoms with Crippen LogP contribution in [0, 0.1) is 0 Å². The number of rotatable bonds is 7. The SMILES string of the molecule is CN(CCS(C)(=O)=O)c1nnc(SCC(=O)O)n1C. The summed E-state index contributed by atoms with van der Waals surface area (Å²) in [4.78, 5) is 12.1. The molecular formula is C9H16N4O4S2. The molecule has 1 N–H and O–H groups in total. The molecule has 19 heavy (non-hydrogen) atoms. The second kappa shape index (κ2) is 6.24. The van der Waals surface area contributed by atoms with Gasteiger partial charge in [0.05, 0.1) is 11.5 Å². The molecule has 0 saturated heterocycles. The number of carboxylic acids is 1. The first kappa shape index (κ1) is 15.8. The molecule has 1 aromatic heterocycles. The molecule has 1 rings (SSSR count). The van der Waals surface area contributed by atoms with Gasteiger partial charge in [-0.2, -0.15) is 0 Å². The van der Waals surface area contributed by atoms with E-state index in [0.717, 1.165) is 11.8 Å². The average Bonchev–Trinajstić information content (AvgIpc) is 2.64. The van der Waals surface area contributed by atoms with Crippen molar-refractivity contribution < 1.29 is 18.3 Å². The molecule has 0 unspecified atom stereocenters. The molecule has 0 aliphatic heterocycles. The Labute approximate surface area is 115 Å². The highest BCUT2D eigenvalue weighted by molar-refractivity contribution is 7.99. The van der Waals surface area contributed by atoms with Crippen molar-refractivity contribution in [3.8, 4) is 0 Å². The standard InChI is InChI=1S/C9H16N4O4S2/c1-12(4-5-19(3,16)17)8-10-11-9(13(8)2)18-6-7(14)15/h4-6H2,1-3H3,(H,14,15). The second-order valence-corrected chi connectivity index (χ2v) is 7.28. The van der Waals surface area contributed by atoms with Crippen LogP contribution in [0.2, 0.25) is 0 Å². The first-order valence-corrected chi connectivity index (χ1v) is 8.38. The number of nitrogens with zero attached hydrogens (tertiary/aromatic N) is 4. The van der Waals surface area contributed by atoms with Gasteiger partial charge in [-0.25, -0.2) is 8.42 Å². The van der Waals surface area contributed by atoms with E-state index in [-0.39, 0.29) is 11.5 Å². The zero-order valence-corrected chi connectivity index (χ0v) is 12.5. The lowest BCUT2D eigenvalue weighted by Gasteiger charge is -2.16. The van der Waals surface area contributed by atoms with Gasteiger partial charge in [-0.15, -0.1) is 10.2 Å². The molecule has 10 heteroatoms. The van der Waals surface area contributed by atoms with Crippen LogP contribution < -0.4 is 4.90 Å². The molecule has 0 atom stereocenters. The molecule has 0 aliphatic carbocycles. The predicted octanol–water partition coefficient (Wildman–Crippen LogP) is -0.527. The van der Waals surface area contributed by atoms with Crippen LogP contribution in [-0.4, -0.2) is 65.6 Å². The molecule has 0 bridgehead atoms. The maximum atomic E-state index is 11.1. The van der Waals surface area contributed by atoms with E-state index in [1.807, 2.05) is 0 Å². The number of hydrogen-bond acceptors (Lipinski definition) is 7. The quantitative estimate of drug-likeness (QED) is 0.670. The zero-order valence-electron chi connectivity index (χ0n) is 10.9. The molecule has 0 aliphatic rings. The summed E-state index contributed by atoms with van der Waals surface area (Å²) in [5, 5.41) is 16.9. The maximum absolute atomic E-state index is 11.1. The Kier molecular flexibility index (Phi) is 5.18. The van der Waals surface area contributed by atoms with Gasteiger partial charge in [0.15, 0.2) is 5.16 Å². The Morgan fingerprint density at radius 1 is 1.47 bits per heavy atom. The lowest BCUT2D eigenvalue weighted by Crippen LogP contribution is -2.27. The van der Waals surface area contributed by atoms with Gasteiger partial charge in [0.1, 0.15) is 9.84 Å². The van der Waals surface area contributed by atoms with Crippen LogP contribution in [-0.2, 0) is 21.7 Å². The highest BCUT2D eigenvalue weighted by Crippen LogP contribution is 2.19. The topological polar surface area (TPSA) is 105 Å². The highest BCUT2D eigenvalue weighted by atomic mass is 32.2. The number of hydrogen-bond donors (Lipinski definition) is 1. The predicted molar refractivity (Wildman–Crippen MR) is 72.3 cm³/mol. The summed E-state index contributed by atoms with van der Waals surface area (Å²) in [5.41, 5.74) is 0. The molecule has 0 radical (unpaired) electrons. The average molecular weight is 308 g/mol. The van der Waals surface area contributed by atoms with Gasteiger partial charge in [-0.05, 0) is 0 Å². The number of carbonyl (C=O) groups is 1. The van der Waals surface area contributed by atoms with Crippen LogP contribution in [0.25, 0.3) is 0 Å². The van der Waals surface area contributed by atoms with Crippen molar-refractivity contribution in [2.24, 2.45) is 7.05 Å². The molecule has 0 amide bonds. The molecule has 8 nitrogen and oxygen atoms in total.